The molecule has 3 aromatic rings. The van der Waals surface area contributed by atoms with E-state index in [2.05, 4.69) is 11.1 Å². The summed E-state index contributed by atoms with van der Waals surface area (Å²) in [7, 11) is 1.66. The Morgan fingerprint density at radius 2 is 2.19 bits per heavy atom. The Labute approximate surface area is 195 Å². The van der Waals surface area contributed by atoms with Gasteiger partial charge in [0.05, 0.1) is 30.0 Å². The number of carbonyl (C=O) groups excluding carboxylic acids is 1. The van der Waals surface area contributed by atoms with Crippen LogP contribution >= 0.6 is 23.1 Å². The van der Waals surface area contributed by atoms with Crippen molar-refractivity contribution in [2.24, 2.45) is 0 Å². The first kappa shape index (κ1) is 21.5. The zero-order valence-electron chi connectivity index (χ0n) is 18.2. The number of likely N-dealkylation sites (tertiary alicyclic amines) is 1. The Morgan fingerprint density at radius 3 is 3.06 bits per heavy atom. The second-order valence-electron chi connectivity index (χ2n) is 8.42. The van der Waals surface area contributed by atoms with Crippen LogP contribution < -0.4 is 10.3 Å². The zero-order chi connectivity index (χ0) is 22.1. The van der Waals surface area contributed by atoms with Crippen molar-refractivity contribution < 1.29 is 9.53 Å². The van der Waals surface area contributed by atoms with Crippen molar-refractivity contribution in [2.75, 3.05) is 19.4 Å². The van der Waals surface area contributed by atoms with Gasteiger partial charge in [0.1, 0.15) is 16.4 Å². The van der Waals surface area contributed by atoms with Crippen LogP contribution in [-0.2, 0) is 23.4 Å². The van der Waals surface area contributed by atoms with Crippen LogP contribution in [0.4, 0.5) is 0 Å². The molecule has 32 heavy (non-hydrogen) atoms. The summed E-state index contributed by atoms with van der Waals surface area (Å²) in [6.45, 7) is 0.781. The zero-order valence-corrected chi connectivity index (χ0v) is 19.8. The summed E-state index contributed by atoms with van der Waals surface area (Å²) in [4.78, 5) is 37.5. The van der Waals surface area contributed by atoms with Gasteiger partial charge in [-0.25, -0.2) is 4.98 Å². The first-order chi connectivity index (χ1) is 15.6. The Kier molecular flexibility index (Phi) is 6.24. The Hall–Kier alpha value is -2.32. The van der Waals surface area contributed by atoms with Crippen LogP contribution in [0, 0.1) is 0 Å². The minimum Gasteiger partial charge on any atom is -0.497 e. The number of benzene rings is 1. The fourth-order valence-corrected chi connectivity index (χ4v) is 6.91. The molecule has 1 aliphatic carbocycles. The molecule has 0 bridgehead atoms. The molecule has 0 radical (unpaired) electrons. The number of thiophene rings is 1. The van der Waals surface area contributed by atoms with E-state index in [9.17, 15) is 9.59 Å². The third-order valence-corrected chi connectivity index (χ3v) is 8.50. The maximum absolute atomic E-state index is 13.0. The smallest absolute Gasteiger partial charge is 0.259 e. The molecule has 8 heteroatoms. The molecule has 6 nitrogen and oxygen atoms in total. The van der Waals surface area contributed by atoms with Gasteiger partial charge in [-0.2, -0.15) is 0 Å². The molecule has 1 fully saturated rings. The summed E-state index contributed by atoms with van der Waals surface area (Å²) in [6, 6.07) is 8.09. The van der Waals surface area contributed by atoms with Crippen molar-refractivity contribution in [3.8, 4) is 5.75 Å². The lowest BCUT2D eigenvalue weighted by atomic mass is 9.97. The number of fused-ring (bicyclic) bond motifs is 3. The molecule has 2 aromatic heterocycles. The second-order valence-corrected chi connectivity index (χ2v) is 10.5. The molecule has 1 amide bonds. The lowest BCUT2D eigenvalue weighted by molar-refractivity contribution is -0.129. The van der Waals surface area contributed by atoms with E-state index in [1.54, 1.807) is 18.4 Å². The monoisotopic (exact) mass is 469 g/mol. The number of nitrogens with zero attached hydrogens (tertiary/aromatic N) is 2. The van der Waals surface area contributed by atoms with Gasteiger partial charge < -0.3 is 14.6 Å². The average Bonchev–Trinajstić information content (AvgIpc) is 3.44. The number of hydrogen-bond donors (Lipinski definition) is 1. The Morgan fingerprint density at radius 1 is 1.31 bits per heavy atom. The Bertz CT molecular complexity index is 1200. The van der Waals surface area contributed by atoms with Gasteiger partial charge in [0.15, 0.2) is 0 Å². The number of aromatic amines is 1. The van der Waals surface area contributed by atoms with E-state index < -0.39 is 0 Å². The maximum Gasteiger partial charge on any atom is 0.259 e. The summed E-state index contributed by atoms with van der Waals surface area (Å²) in [5.74, 6) is 2.51. The van der Waals surface area contributed by atoms with Gasteiger partial charge in [0.25, 0.3) is 5.56 Å². The summed E-state index contributed by atoms with van der Waals surface area (Å²) in [6.07, 6.45) is 6.34. The van der Waals surface area contributed by atoms with Crippen LogP contribution in [0.15, 0.2) is 29.1 Å². The van der Waals surface area contributed by atoms with E-state index in [0.717, 1.165) is 60.2 Å². The van der Waals surface area contributed by atoms with Crippen molar-refractivity contribution in [3.05, 3.63) is 56.4 Å². The SMILES string of the molecule is COc1cccc(C2CCCN2C(=O)CSCc2nc3sc4c(c3c(=O)[nH]2)CCCC4)c1. The van der Waals surface area contributed by atoms with E-state index in [0.29, 0.717) is 17.3 Å². The number of amides is 1. The lowest BCUT2D eigenvalue weighted by Crippen LogP contribution is -2.32. The average molecular weight is 470 g/mol. The number of aryl methyl sites for hydroxylation is 2. The highest BCUT2D eigenvalue weighted by atomic mass is 32.2. The van der Waals surface area contributed by atoms with Crippen LogP contribution in [0.25, 0.3) is 10.2 Å². The standard InChI is InChI=1S/C24H27N3O3S2/c1-30-16-7-4-6-15(12-16)18-9-5-11-27(18)21(28)14-31-13-20-25-23(29)22-17-8-2-3-10-19(17)32-24(22)26-20/h4,6-7,12,18H,2-3,5,8-11,13-14H2,1H3,(H,25,26,29). The van der Waals surface area contributed by atoms with E-state index in [1.165, 1.54) is 28.6 Å². The number of nitrogens with one attached hydrogen (secondary N) is 1. The number of methoxy groups -OCH3 is 1. The molecule has 1 aliphatic heterocycles. The lowest BCUT2D eigenvalue weighted by Gasteiger charge is -2.25. The van der Waals surface area contributed by atoms with Crippen LogP contribution in [0.1, 0.15) is 53.6 Å². The Balaban J connectivity index is 1.24. The first-order valence-corrected chi connectivity index (χ1v) is 13.2. The van der Waals surface area contributed by atoms with Gasteiger partial charge in [-0.05, 0) is 61.8 Å². The summed E-state index contributed by atoms with van der Waals surface area (Å²) < 4.78 is 5.35. The topological polar surface area (TPSA) is 75.3 Å². The predicted octanol–water partition coefficient (Wildman–Crippen LogP) is 4.47. The van der Waals surface area contributed by atoms with Gasteiger partial charge in [0, 0.05) is 11.4 Å². The normalized spacial score (nSPS) is 18.2. The highest BCUT2D eigenvalue weighted by molar-refractivity contribution is 7.99. The molecule has 5 rings (SSSR count). The minimum atomic E-state index is -0.0334. The van der Waals surface area contributed by atoms with Crippen molar-refractivity contribution in [1.82, 2.24) is 14.9 Å². The third kappa shape index (κ3) is 4.18. The molecule has 1 aromatic carbocycles. The number of carbonyl (C=O) groups is 1. The fourth-order valence-electron chi connectivity index (χ4n) is 4.86. The van der Waals surface area contributed by atoms with Crippen LogP contribution in [-0.4, -0.2) is 40.2 Å². The minimum absolute atomic E-state index is 0.0334. The number of H-pyrrole nitrogens is 1. The van der Waals surface area contributed by atoms with Gasteiger partial charge in [-0.15, -0.1) is 23.1 Å². The van der Waals surface area contributed by atoms with Crippen molar-refractivity contribution in [2.45, 2.75) is 50.3 Å². The van der Waals surface area contributed by atoms with E-state index >= 15 is 0 Å². The van der Waals surface area contributed by atoms with Crippen molar-refractivity contribution >= 4 is 39.2 Å². The largest absolute Gasteiger partial charge is 0.497 e. The quantitative estimate of drug-likeness (QED) is 0.577. The van der Waals surface area contributed by atoms with Crippen LogP contribution in [0.2, 0.25) is 0 Å². The van der Waals surface area contributed by atoms with Gasteiger partial charge in [0.2, 0.25) is 5.91 Å². The second kappa shape index (κ2) is 9.27. The van der Waals surface area contributed by atoms with Gasteiger partial charge >= 0.3 is 0 Å². The summed E-state index contributed by atoms with van der Waals surface area (Å²) in [5.41, 5.74) is 2.30. The van der Waals surface area contributed by atoms with E-state index in [-0.39, 0.29) is 17.5 Å². The number of hydrogen-bond acceptors (Lipinski definition) is 6. The molecule has 168 valence electrons. The molecule has 0 spiro atoms. The molecule has 1 unspecified atom stereocenters. The number of rotatable bonds is 6. The molecule has 1 saturated heterocycles. The van der Waals surface area contributed by atoms with Crippen LogP contribution in [0.3, 0.4) is 0 Å². The molecular formula is C24H27N3O3S2. The van der Waals surface area contributed by atoms with E-state index in [4.69, 9.17) is 9.72 Å². The highest BCUT2D eigenvalue weighted by Crippen LogP contribution is 2.35. The van der Waals surface area contributed by atoms with Gasteiger partial charge in [-0.3, -0.25) is 9.59 Å². The predicted molar refractivity (Wildman–Crippen MR) is 130 cm³/mol. The summed E-state index contributed by atoms with van der Waals surface area (Å²) in [5, 5.41) is 0.785. The van der Waals surface area contributed by atoms with E-state index in [1.807, 2.05) is 23.1 Å². The molecule has 1 atom stereocenters. The highest BCUT2D eigenvalue weighted by Gasteiger charge is 2.30. The fraction of sp³-hybridized carbons (Fsp3) is 0.458. The van der Waals surface area contributed by atoms with Gasteiger partial charge in [-0.1, -0.05) is 12.1 Å². The number of thioether (sulfide) groups is 1. The maximum atomic E-state index is 13.0. The van der Waals surface area contributed by atoms with Crippen molar-refractivity contribution in [3.63, 3.8) is 0 Å². The van der Waals surface area contributed by atoms with Crippen LogP contribution in [0.5, 0.6) is 5.75 Å². The number of aromatic nitrogens is 2. The molecular weight excluding hydrogens is 442 g/mol. The number of ether oxygens (including phenoxy) is 1. The first-order valence-electron chi connectivity index (χ1n) is 11.2. The summed E-state index contributed by atoms with van der Waals surface area (Å²) >= 11 is 3.18. The third-order valence-electron chi connectivity index (χ3n) is 6.39. The molecule has 2 aliphatic rings. The molecule has 1 N–H and O–H groups in total. The molecule has 3 heterocycles. The van der Waals surface area contributed by atoms with Crippen molar-refractivity contribution in [1.29, 1.82) is 0 Å². The molecule has 0 saturated carbocycles.